The SMILES string of the molecule is CC1=CC2C(=O)N=C(CSCC(=O)Nc3ccc(Cn4cncn4)cc3)N=C2S1. The van der Waals surface area contributed by atoms with Gasteiger partial charge in [0.25, 0.3) is 5.91 Å². The number of fused-ring (bicyclic) bond motifs is 1. The number of amides is 2. The molecule has 1 N–H and O–H groups in total. The van der Waals surface area contributed by atoms with Crippen LogP contribution in [-0.4, -0.2) is 49.0 Å². The van der Waals surface area contributed by atoms with Crippen LogP contribution < -0.4 is 5.32 Å². The van der Waals surface area contributed by atoms with Crippen LogP contribution >= 0.6 is 23.5 Å². The number of benzene rings is 1. The van der Waals surface area contributed by atoms with E-state index < -0.39 is 0 Å². The number of hydrogen-bond acceptors (Lipinski definition) is 7. The van der Waals surface area contributed by atoms with Gasteiger partial charge >= 0.3 is 0 Å². The van der Waals surface area contributed by atoms with Gasteiger partial charge in [-0.2, -0.15) is 10.1 Å². The molecule has 4 rings (SSSR count). The Labute approximate surface area is 176 Å². The van der Waals surface area contributed by atoms with E-state index >= 15 is 0 Å². The summed E-state index contributed by atoms with van der Waals surface area (Å²) in [5.74, 6) is 0.556. The fourth-order valence-corrected chi connectivity index (χ4v) is 4.53. The molecule has 2 aromatic rings. The van der Waals surface area contributed by atoms with Crippen molar-refractivity contribution in [3.05, 3.63) is 53.5 Å². The van der Waals surface area contributed by atoms with E-state index in [0.29, 0.717) is 18.1 Å². The molecule has 1 aromatic carbocycles. The van der Waals surface area contributed by atoms with Crippen molar-refractivity contribution in [2.24, 2.45) is 15.9 Å². The number of allylic oxidation sites excluding steroid dienone is 1. The first-order chi connectivity index (χ1) is 14.1. The molecule has 29 heavy (non-hydrogen) atoms. The van der Waals surface area contributed by atoms with E-state index in [1.54, 1.807) is 11.0 Å². The van der Waals surface area contributed by atoms with E-state index in [9.17, 15) is 9.59 Å². The average Bonchev–Trinajstić information content (AvgIpc) is 3.32. The van der Waals surface area contributed by atoms with Crippen molar-refractivity contribution in [2.45, 2.75) is 13.5 Å². The summed E-state index contributed by atoms with van der Waals surface area (Å²) in [6.45, 7) is 2.58. The second kappa shape index (κ2) is 8.75. The standard InChI is InChI=1S/C19H18N6O2S2/c1-12-6-15-18(27)23-16(24-19(15)29-12)8-28-9-17(26)22-14-4-2-13(3-5-14)7-25-11-20-10-21-25/h2-6,10-11,15H,7-9H2,1H3,(H,22,26). The molecule has 148 valence electrons. The summed E-state index contributed by atoms with van der Waals surface area (Å²) >= 11 is 2.90. The predicted octanol–water partition coefficient (Wildman–Crippen LogP) is 2.60. The van der Waals surface area contributed by atoms with E-state index in [1.165, 1.54) is 29.9 Å². The minimum absolute atomic E-state index is 0.111. The monoisotopic (exact) mass is 426 g/mol. The Hall–Kier alpha value is -2.72. The van der Waals surface area contributed by atoms with Crippen molar-refractivity contribution >= 4 is 51.9 Å². The number of thioether (sulfide) groups is 2. The van der Waals surface area contributed by atoms with E-state index in [2.05, 4.69) is 25.4 Å². The Morgan fingerprint density at radius 2 is 2.10 bits per heavy atom. The largest absolute Gasteiger partial charge is 0.325 e. The van der Waals surface area contributed by atoms with Crippen LogP contribution in [-0.2, 0) is 16.1 Å². The van der Waals surface area contributed by atoms with Crippen molar-refractivity contribution < 1.29 is 9.59 Å². The van der Waals surface area contributed by atoms with Gasteiger partial charge in [0.2, 0.25) is 5.91 Å². The first-order valence-corrected chi connectivity index (χ1v) is 10.9. The Balaban J connectivity index is 1.23. The highest BCUT2D eigenvalue weighted by molar-refractivity contribution is 8.17. The third-order valence-electron chi connectivity index (χ3n) is 4.19. The molecular weight excluding hydrogens is 408 g/mol. The average molecular weight is 427 g/mol. The van der Waals surface area contributed by atoms with Crippen LogP contribution in [0.5, 0.6) is 0 Å². The van der Waals surface area contributed by atoms with Crippen molar-refractivity contribution in [3.63, 3.8) is 0 Å². The number of rotatable bonds is 7. The molecule has 3 heterocycles. The fraction of sp³-hybridized carbons (Fsp3) is 0.263. The van der Waals surface area contributed by atoms with Gasteiger partial charge < -0.3 is 5.32 Å². The van der Waals surface area contributed by atoms with Gasteiger partial charge in [-0.3, -0.25) is 9.59 Å². The molecule has 0 fully saturated rings. The molecule has 10 heteroatoms. The highest BCUT2D eigenvalue weighted by Crippen LogP contribution is 2.34. The normalized spacial score (nSPS) is 18.0. The van der Waals surface area contributed by atoms with Crippen LogP contribution in [0.2, 0.25) is 0 Å². The van der Waals surface area contributed by atoms with Crippen LogP contribution in [0.1, 0.15) is 12.5 Å². The summed E-state index contributed by atoms with van der Waals surface area (Å²) in [5, 5.41) is 7.72. The van der Waals surface area contributed by atoms with Crippen molar-refractivity contribution in [1.82, 2.24) is 14.8 Å². The molecule has 0 saturated heterocycles. The molecule has 8 nitrogen and oxygen atoms in total. The number of aliphatic imine (C=N–C) groups is 2. The number of hydrogen-bond donors (Lipinski definition) is 1. The third kappa shape index (κ3) is 5.01. The van der Waals surface area contributed by atoms with Gasteiger partial charge in [-0.15, -0.1) is 11.8 Å². The number of nitrogens with one attached hydrogen (secondary N) is 1. The topological polar surface area (TPSA) is 102 Å². The second-order valence-corrected chi connectivity index (χ2v) is 8.76. The van der Waals surface area contributed by atoms with Gasteiger partial charge in [-0.05, 0) is 29.5 Å². The van der Waals surface area contributed by atoms with E-state index in [-0.39, 0.29) is 23.5 Å². The molecular formula is C19H18N6O2S2. The number of carbonyl (C=O) groups is 2. The molecule has 0 bridgehead atoms. The van der Waals surface area contributed by atoms with Crippen molar-refractivity contribution in [3.8, 4) is 0 Å². The van der Waals surface area contributed by atoms with Crippen LogP contribution in [0.4, 0.5) is 5.69 Å². The maximum atomic E-state index is 12.2. The fourth-order valence-electron chi connectivity index (χ4n) is 2.88. The molecule has 2 amide bonds. The smallest absolute Gasteiger partial charge is 0.261 e. The van der Waals surface area contributed by atoms with E-state index in [0.717, 1.165) is 21.2 Å². The number of aromatic nitrogens is 3. The summed E-state index contributed by atoms with van der Waals surface area (Å²) < 4.78 is 1.73. The first kappa shape index (κ1) is 19.6. The number of carbonyl (C=O) groups excluding carboxylic acids is 2. The number of anilines is 1. The lowest BCUT2D eigenvalue weighted by atomic mass is 10.1. The third-order valence-corrected chi connectivity index (χ3v) is 6.13. The molecule has 1 unspecified atom stereocenters. The lowest BCUT2D eigenvalue weighted by Gasteiger charge is -2.12. The summed E-state index contributed by atoms with van der Waals surface area (Å²) in [7, 11) is 0. The first-order valence-electron chi connectivity index (χ1n) is 8.92. The van der Waals surface area contributed by atoms with Crippen LogP contribution in [0.3, 0.4) is 0 Å². The van der Waals surface area contributed by atoms with Crippen molar-refractivity contribution in [2.75, 3.05) is 16.8 Å². The number of nitrogens with zero attached hydrogens (tertiary/aromatic N) is 5. The van der Waals surface area contributed by atoms with Gasteiger partial charge in [0.15, 0.2) is 0 Å². The van der Waals surface area contributed by atoms with Crippen LogP contribution in [0.25, 0.3) is 0 Å². The Morgan fingerprint density at radius 1 is 1.28 bits per heavy atom. The zero-order valence-electron chi connectivity index (χ0n) is 15.6. The maximum absolute atomic E-state index is 12.2. The minimum atomic E-state index is -0.315. The highest BCUT2D eigenvalue weighted by Gasteiger charge is 2.32. The van der Waals surface area contributed by atoms with Gasteiger partial charge in [-0.1, -0.05) is 30.0 Å². The highest BCUT2D eigenvalue weighted by atomic mass is 32.2. The lowest BCUT2D eigenvalue weighted by molar-refractivity contribution is -0.118. The zero-order chi connectivity index (χ0) is 20.2. The van der Waals surface area contributed by atoms with Gasteiger partial charge in [0, 0.05) is 5.69 Å². The Bertz CT molecular complexity index is 1010. The minimum Gasteiger partial charge on any atom is -0.325 e. The molecule has 0 spiro atoms. The Morgan fingerprint density at radius 3 is 2.86 bits per heavy atom. The van der Waals surface area contributed by atoms with Gasteiger partial charge in [0.05, 0.1) is 23.1 Å². The summed E-state index contributed by atoms with van der Waals surface area (Å²) in [4.78, 5) is 37.7. The summed E-state index contributed by atoms with van der Waals surface area (Å²) in [6, 6.07) is 7.60. The summed E-state index contributed by atoms with van der Waals surface area (Å²) in [6.07, 6.45) is 5.05. The molecule has 0 radical (unpaired) electrons. The molecule has 0 saturated carbocycles. The summed E-state index contributed by atoms with van der Waals surface area (Å²) in [5.41, 5.74) is 1.80. The van der Waals surface area contributed by atoms with E-state index in [4.69, 9.17) is 0 Å². The quantitative estimate of drug-likeness (QED) is 0.730. The van der Waals surface area contributed by atoms with E-state index in [1.807, 2.05) is 37.3 Å². The predicted molar refractivity (Wildman–Crippen MR) is 116 cm³/mol. The van der Waals surface area contributed by atoms with Crippen LogP contribution in [0, 0.1) is 5.92 Å². The molecule has 2 aliphatic heterocycles. The Kier molecular flexibility index (Phi) is 5.91. The lowest BCUT2D eigenvalue weighted by Crippen LogP contribution is -2.24. The van der Waals surface area contributed by atoms with Gasteiger partial charge in [-0.25, -0.2) is 14.7 Å². The maximum Gasteiger partial charge on any atom is 0.261 e. The molecule has 2 aliphatic rings. The molecule has 1 atom stereocenters. The van der Waals surface area contributed by atoms with Crippen molar-refractivity contribution in [1.29, 1.82) is 0 Å². The van der Waals surface area contributed by atoms with Gasteiger partial charge in [0.1, 0.15) is 24.4 Å². The van der Waals surface area contributed by atoms with Crippen LogP contribution in [0.15, 0.2) is 57.9 Å². The zero-order valence-corrected chi connectivity index (χ0v) is 17.2. The molecule has 0 aliphatic carbocycles. The molecule has 1 aromatic heterocycles. The second-order valence-electron chi connectivity index (χ2n) is 6.50. The number of amidine groups is 1.